The Hall–Kier alpha value is -2.58. The summed E-state index contributed by atoms with van der Waals surface area (Å²) in [4.78, 5) is 11.2. The molecule has 2 rings (SSSR count). The van der Waals surface area contributed by atoms with Gasteiger partial charge in [0.2, 0.25) is 0 Å². The van der Waals surface area contributed by atoms with Crippen molar-refractivity contribution in [3.63, 3.8) is 0 Å². The zero-order valence-corrected chi connectivity index (χ0v) is 12.9. The lowest BCUT2D eigenvalue weighted by molar-refractivity contribution is -0.138. The Kier molecular flexibility index (Phi) is 4.87. The normalized spacial score (nSPS) is 12.4. The van der Waals surface area contributed by atoms with E-state index in [2.05, 4.69) is 4.18 Å². The van der Waals surface area contributed by atoms with Gasteiger partial charge in [0.15, 0.2) is 11.5 Å². The Bertz CT molecular complexity index is 800. The second kappa shape index (κ2) is 6.67. The minimum absolute atomic E-state index is 0.0283. The molecule has 0 saturated carbocycles. The van der Waals surface area contributed by atoms with E-state index in [-0.39, 0.29) is 17.1 Å². The van der Waals surface area contributed by atoms with E-state index >= 15 is 0 Å². The fraction of sp³-hybridized carbons (Fsp3) is 0.133. The van der Waals surface area contributed by atoms with E-state index in [1.807, 2.05) is 0 Å². The van der Waals surface area contributed by atoms with Gasteiger partial charge in [-0.3, -0.25) is 9.35 Å². The maximum Gasteiger partial charge on any atom is 0.446 e. The molecule has 0 saturated heterocycles. The first kappa shape index (κ1) is 16.8. The highest BCUT2D eigenvalue weighted by molar-refractivity contribution is 7.81. The monoisotopic (exact) mass is 338 g/mol. The van der Waals surface area contributed by atoms with Crippen LogP contribution in [0.25, 0.3) is 0 Å². The number of rotatable bonds is 6. The third-order valence-electron chi connectivity index (χ3n) is 3.01. The quantitative estimate of drug-likeness (QED) is 0.779. The molecule has 2 aromatic carbocycles. The van der Waals surface area contributed by atoms with E-state index in [1.165, 1.54) is 25.1 Å². The number of hydrogen-bond acceptors (Lipinski definition) is 5. The van der Waals surface area contributed by atoms with Crippen molar-refractivity contribution in [3.05, 3.63) is 54.1 Å². The van der Waals surface area contributed by atoms with E-state index in [4.69, 9.17) is 14.4 Å². The molecule has 0 amide bonds. The molecule has 2 N–H and O–H groups in total. The van der Waals surface area contributed by atoms with E-state index in [1.54, 1.807) is 30.3 Å². The van der Waals surface area contributed by atoms with Gasteiger partial charge in [0.1, 0.15) is 5.75 Å². The number of carboxylic acid groups (broad SMARTS) is 1. The number of carbonyl (C=O) groups is 1. The molecule has 0 aromatic heterocycles. The molecule has 0 aliphatic heterocycles. The number of benzene rings is 2. The fourth-order valence-electron chi connectivity index (χ4n) is 1.90. The topological polar surface area (TPSA) is 110 Å². The van der Waals surface area contributed by atoms with E-state index in [9.17, 15) is 13.2 Å². The highest BCUT2D eigenvalue weighted by atomic mass is 32.3. The van der Waals surface area contributed by atoms with Crippen LogP contribution in [0.2, 0.25) is 0 Å². The van der Waals surface area contributed by atoms with Gasteiger partial charge in [0.05, 0.1) is 5.92 Å². The standard InChI is InChI=1S/C15H14O7S/c1-10(15(16)17)12-8-5-9-13(14(12)22-23(18,19)20)21-11-6-3-2-4-7-11/h2-10H,1H3,(H,16,17)(H,18,19,20). The van der Waals surface area contributed by atoms with Crippen molar-refractivity contribution < 1.29 is 31.8 Å². The van der Waals surface area contributed by atoms with Crippen LogP contribution in [0.3, 0.4) is 0 Å². The lowest BCUT2D eigenvalue weighted by atomic mass is 10.00. The maximum atomic E-state index is 11.2. The molecular formula is C15H14O7S. The van der Waals surface area contributed by atoms with Gasteiger partial charge in [-0.2, -0.15) is 8.42 Å². The van der Waals surface area contributed by atoms with Crippen LogP contribution < -0.4 is 8.92 Å². The summed E-state index contributed by atoms with van der Waals surface area (Å²) >= 11 is 0. The molecule has 23 heavy (non-hydrogen) atoms. The SMILES string of the molecule is CC(C(=O)O)c1cccc(Oc2ccccc2)c1OS(=O)(=O)O. The highest BCUT2D eigenvalue weighted by Gasteiger charge is 2.25. The first-order chi connectivity index (χ1) is 10.8. The van der Waals surface area contributed by atoms with E-state index < -0.39 is 22.3 Å². The van der Waals surface area contributed by atoms with Crippen molar-refractivity contribution >= 4 is 16.4 Å². The second-order valence-electron chi connectivity index (χ2n) is 4.66. The Morgan fingerprint density at radius 1 is 1.09 bits per heavy atom. The van der Waals surface area contributed by atoms with Crippen LogP contribution in [0, 0.1) is 0 Å². The van der Waals surface area contributed by atoms with E-state index in [0.717, 1.165) is 0 Å². The molecule has 0 spiro atoms. The minimum Gasteiger partial charge on any atom is -0.481 e. The zero-order chi connectivity index (χ0) is 17.0. The molecule has 0 radical (unpaired) electrons. The summed E-state index contributed by atoms with van der Waals surface area (Å²) in [6.45, 7) is 1.36. The van der Waals surface area contributed by atoms with Gasteiger partial charge in [-0.1, -0.05) is 30.3 Å². The lowest BCUT2D eigenvalue weighted by Crippen LogP contribution is -2.13. The maximum absolute atomic E-state index is 11.2. The molecule has 0 aliphatic carbocycles. The number of carboxylic acids is 1. The van der Waals surface area contributed by atoms with Gasteiger partial charge in [0.25, 0.3) is 0 Å². The van der Waals surface area contributed by atoms with Crippen LogP contribution in [0.1, 0.15) is 18.4 Å². The van der Waals surface area contributed by atoms with Gasteiger partial charge in [-0.25, -0.2) is 0 Å². The second-order valence-corrected chi connectivity index (χ2v) is 5.68. The van der Waals surface area contributed by atoms with Gasteiger partial charge < -0.3 is 14.0 Å². The number of hydrogen-bond donors (Lipinski definition) is 2. The molecule has 7 nitrogen and oxygen atoms in total. The number of ether oxygens (including phenoxy) is 1. The van der Waals surface area contributed by atoms with Crippen molar-refractivity contribution in [3.8, 4) is 17.2 Å². The van der Waals surface area contributed by atoms with Crippen molar-refractivity contribution in [2.24, 2.45) is 0 Å². The molecule has 2 aromatic rings. The summed E-state index contributed by atoms with van der Waals surface area (Å²) in [6, 6.07) is 12.7. The van der Waals surface area contributed by atoms with Crippen molar-refractivity contribution in [2.45, 2.75) is 12.8 Å². The Balaban J connectivity index is 2.52. The number of aliphatic carboxylic acids is 1. The average molecular weight is 338 g/mol. The van der Waals surface area contributed by atoms with Gasteiger partial charge in [0, 0.05) is 5.56 Å². The molecule has 8 heteroatoms. The Morgan fingerprint density at radius 3 is 2.30 bits per heavy atom. The van der Waals surface area contributed by atoms with Crippen LogP contribution in [-0.2, 0) is 15.2 Å². The predicted molar refractivity (Wildman–Crippen MR) is 81.2 cm³/mol. The van der Waals surface area contributed by atoms with Gasteiger partial charge in [-0.05, 0) is 25.1 Å². The molecule has 1 unspecified atom stereocenters. The molecule has 0 bridgehead atoms. The summed E-state index contributed by atoms with van der Waals surface area (Å²) in [5, 5.41) is 9.13. The van der Waals surface area contributed by atoms with Crippen LogP contribution in [0.5, 0.6) is 17.2 Å². The molecular weight excluding hydrogens is 324 g/mol. The first-order valence-corrected chi connectivity index (χ1v) is 7.90. The van der Waals surface area contributed by atoms with E-state index in [0.29, 0.717) is 5.75 Å². The third kappa shape index (κ3) is 4.44. The summed E-state index contributed by atoms with van der Waals surface area (Å²) in [5.74, 6) is -2.24. The van der Waals surface area contributed by atoms with Crippen LogP contribution in [-0.4, -0.2) is 24.0 Å². The molecule has 0 aliphatic rings. The predicted octanol–water partition coefficient (Wildman–Crippen LogP) is 2.85. The number of para-hydroxylation sites is 2. The van der Waals surface area contributed by atoms with Crippen LogP contribution >= 0.6 is 0 Å². The summed E-state index contributed by atoms with van der Waals surface area (Å²) < 4.78 is 41.2. The largest absolute Gasteiger partial charge is 0.481 e. The summed E-state index contributed by atoms with van der Waals surface area (Å²) in [5.41, 5.74) is 0.0588. The lowest BCUT2D eigenvalue weighted by Gasteiger charge is -2.16. The molecule has 0 fully saturated rings. The zero-order valence-electron chi connectivity index (χ0n) is 12.0. The van der Waals surface area contributed by atoms with Gasteiger partial charge in [-0.15, -0.1) is 0 Å². The van der Waals surface area contributed by atoms with Crippen molar-refractivity contribution in [2.75, 3.05) is 0 Å². The highest BCUT2D eigenvalue weighted by Crippen LogP contribution is 2.39. The third-order valence-corrected chi connectivity index (χ3v) is 3.38. The smallest absolute Gasteiger partial charge is 0.446 e. The summed E-state index contributed by atoms with van der Waals surface area (Å²) in [7, 11) is -4.85. The molecule has 122 valence electrons. The summed E-state index contributed by atoms with van der Waals surface area (Å²) in [6.07, 6.45) is 0. The van der Waals surface area contributed by atoms with Crippen LogP contribution in [0.15, 0.2) is 48.5 Å². The molecule has 0 heterocycles. The Morgan fingerprint density at radius 2 is 1.74 bits per heavy atom. The first-order valence-electron chi connectivity index (χ1n) is 6.53. The van der Waals surface area contributed by atoms with Gasteiger partial charge >= 0.3 is 16.4 Å². The van der Waals surface area contributed by atoms with Crippen molar-refractivity contribution in [1.82, 2.24) is 0 Å². The molecule has 1 atom stereocenters. The Labute approximate surface area is 133 Å². The van der Waals surface area contributed by atoms with Crippen LogP contribution in [0.4, 0.5) is 0 Å². The van der Waals surface area contributed by atoms with Crippen molar-refractivity contribution in [1.29, 1.82) is 0 Å². The fourth-order valence-corrected chi connectivity index (χ4v) is 2.29. The average Bonchev–Trinajstić information content (AvgIpc) is 2.48. The minimum atomic E-state index is -4.85.